The fraction of sp³-hybridized carbons (Fsp3) is 0.500. The molecule has 1 aromatic carbocycles. The van der Waals surface area contributed by atoms with Gasteiger partial charge in [0.2, 0.25) is 0 Å². The Morgan fingerprint density at radius 1 is 1.45 bits per heavy atom. The monoisotopic (exact) mass is 361 g/mol. The summed E-state index contributed by atoms with van der Waals surface area (Å²) in [6.07, 6.45) is 1.78. The van der Waals surface area contributed by atoms with Crippen molar-refractivity contribution in [2.45, 2.75) is 18.9 Å². The van der Waals surface area contributed by atoms with Crippen LogP contribution >= 0.6 is 27.5 Å². The van der Waals surface area contributed by atoms with Gasteiger partial charge in [-0.25, -0.2) is 0 Å². The molecule has 1 aromatic rings. The summed E-state index contributed by atoms with van der Waals surface area (Å²) < 4.78 is 6.36. The van der Waals surface area contributed by atoms with E-state index < -0.39 is 0 Å². The maximum Gasteiger partial charge on any atom is 0.257 e. The number of phenolic OH excluding ortho intramolecular Hbond substituents is 1. The zero-order chi connectivity index (χ0) is 14.5. The van der Waals surface area contributed by atoms with Gasteiger partial charge in [-0.1, -0.05) is 15.9 Å². The molecule has 2 rings (SSSR count). The first-order valence-electron chi connectivity index (χ1n) is 6.57. The Morgan fingerprint density at radius 3 is 2.80 bits per heavy atom. The summed E-state index contributed by atoms with van der Waals surface area (Å²) in [6, 6.07) is 4.87. The lowest BCUT2D eigenvalue weighted by molar-refractivity contribution is 0.0153. The number of phenols is 1. The van der Waals surface area contributed by atoms with E-state index in [0.29, 0.717) is 31.1 Å². The summed E-state index contributed by atoms with van der Waals surface area (Å²) in [5, 5.41) is 9.80. The number of carbonyl (C=O) groups is 1. The first kappa shape index (κ1) is 15.6. The summed E-state index contributed by atoms with van der Waals surface area (Å²) in [7, 11) is 0. The van der Waals surface area contributed by atoms with Crippen molar-refractivity contribution in [1.29, 1.82) is 0 Å². The average Bonchev–Trinajstić information content (AvgIpc) is 2.47. The van der Waals surface area contributed by atoms with E-state index in [-0.39, 0.29) is 17.8 Å². The molecular weight excluding hydrogens is 346 g/mol. The molecular formula is C14H17BrClNO3. The van der Waals surface area contributed by atoms with Crippen molar-refractivity contribution in [3.05, 3.63) is 28.2 Å². The highest BCUT2D eigenvalue weighted by Crippen LogP contribution is 2.25. The van der Waals surface area contributed by atoms with Gasteiger partial charge in [-0.2, -0.15) is 0 Å². The third kappa shape index (κ3) is 3.87. The number of nitrogens with zero attached hydrogens (tertiary/aromatic N) is 1. The van der Waals surface area contributed by atoms with Crippen molar-refractivity contribution < 1.29 is 14.6 Å². The summed E-state index contributed by atoms with van der Waals surface area (Å²) in [4.78, 5) is 14.1. The van der Waals surface area contributed by atoms with Crippen LogP contribution in [0.2, 0.25) is 0 Å². The number of halogens is 2. The van der Waals surface area contributed by atoms with Gasteiger partial charge in [-0.15, -0.1) is 11.6 Å². The molecule has 4 nitrogen and oxygen atoms in total. The molecule has 0 aromatic heterocycles. The Bertz CT molecular complexity index is 475. The van der Waals surface area contributed by atoms with Crippen molar-refractivity contribution >= 4 is 33.4 Å². The van der Waals surface area contributed by atoms with E-state index in [9.17, 15) is 9.90 Å². The second-order valence-electron chi connectivity index (χ2n) is 4.71. The standard InChI is InChI=1S/C14H17BrClNO3/c15-10-1-2-13(18)12(9-10)14(19)17-6-3-11(4-7-17)20-8-5-16/h1-2,9,11,18H,3-8H2. The first-order chi connectivity index (χ1) is 9.61. The fourth-order valence-electron chi connectivity index (χ4n) is 2.29. The van der Waals surface area contributed by atoms with Crippen molar-refractivity contribution in [1.82, 2.24) is 4.90 Å². The van der Waals surface area contributed by atoms with Crippen LogP contribution in [0.5, 0.6) is 5.75 Å². The van der Waals surface area contributed by atoms with Crippen molar-refractivity contribution in [3.63, 3.8) is 0 Å². The minimum absolute atomic E-state index is 0.0127. The molecule has 0 bridgehead atoms. The molecule has 1 fully saturated rings. The number of hydrogen-bond acceptors (Lipinski definition) is 3. The topological polar surface area (TPSA) is 49.8 Å². The number of benzene rings is 1. The minimum atomic E-state index is -0.139. The number of carbonyl (C=O) groups excluding carboxylic acids is 1. The Kier molecular flexibility index (Phi) is 5.69. The second-order valence-corrected chi connectivity index (χ2v) is 6.01. The summed E-state index contributed by atoms with van der Waals surface area (Å²) in [5.41, 5.74) is 0.333. The van der Waals surface area contributed by atoms with Crippen LogP contribution in [-0.2, 0) is 4.74 Å². The van der Waals surface area contributed by atoms with Crippen LogP contribution in [-0.4, -0.2) is 47.6 Å². The van der Waals surface area contributed by atoms with Gasteiger partial charge >= 0.3 is 0 Å². The largest absolute Gasteiger partial charge is 0.507 e. The van der Waals surface area contributed by atoms with Crippen LogP contribution in [0.15, 0.2) is 22.7 Å². The number of likely N-dealkylation sites (tertiary alicyclic amines) is 1. The van der Waals surface area contributed by atoms with E-state index in [0.717, 1.165) is 17.3 Å². The highest BCUT2D eigenvalue weighted by molar-refractivity contribution is 9.10. The molecule has 0 radical (unpaired) electrons. The SMILES string of the molecule is O=C(c1cc(Br)ccc1O)N1CCC(OCCCl)CC1. The number of piperidine rings is 1. The number of rotatable bonds is 4. The van der Waals surface area contributed by atoms with Gasteiger partial charge in [0.05, 0.1) is 18.3 Å². The van der Waals surface area contributed by atoms with E-state index in [4.69, 9.17) is 16.3 Å². The molecule has 1 aliphatic heterocycles. The van der Waals surface area contributed by atoms with E-state index >= 15 is 0 Å². The first-order valence-corrected chi connectivity index (χ1v) is 7.90. The second kappa shape index (κ2) is 7.29. The van der Waals surface area contributed by atoms with Crippen LogP contribution < -0.4 is 0 Å². The Labute approximate surface area is 131 Å². The van der Waals surface area contributed by atoms with E-state index in [2.05, 4.69) is 15.9 Å². The Hall–Kier alpha value is -0.780. The number of ether oxygens (including phenoxy) is 1. The summed E-state index contributed by atoms with van der Waals surface area (Å²) >= 11 is 8.90. The maximum absolute atomic E-state index is 12.4. The lowest BCUT2D eigenvalue weighted by atomic mass is 10.1. The van der Waals surface area contributed by atoms with Gasteiger partial charge in [0.25, 0.3) is 5.91 Å². The van der Waals surface area contributed by atoms with E-state index in [1.165, 1.54) is 6.07 Å². The zero-order valence-electron chi connectivity index (χ0n) is 11.0. The molecule has 0 atom stereocenters. The molecule has 1 aliphatic rings. The van der Waals surface area contributed by atoms with Crippen LogP contribution in [0.3, 0.4) is 0 Å². The summed E-state index contributed by atoms with van der Waals surface area (Å²) in [6.45, 7) is 1.82. The van der Waals surface area contributed by atoms with Gasteiger partial charge in [0.15, 0.2) is 0 Å². The number of alkyl halides is 1. The van der Waals surface area contributed by atoms with Crippen molar-refractivity contribution in [2.24, 2.45) is 0 Å². The van der Waals surface area contributed by atoms with Gasteiger partial charge < -0.3 is 14.7 Å². The smallest absolute Gasteiger partial charge is 0.257 e. The lowest BCUT2D eigenvalue weighted by Gasteiger charge is -2.32. The van der Waals surface area contributed by atoms with Crippen LogP contribution in [0.1, 0.15) is 23.2 Å². The fourth-order valence-corrected chi connectivity index (χ4v) is 2.74. The van der Waals surface area contributed by atoms with Gasteiger partial charge in [-0.3, -0.25) is 4.79 Å². The number of amides is 1. The van der Waals surface area contributed by atoms with Crippen molar-refractivity contribution in [3.8, 4) is 5.75 Å². The third-order valence-electron chi connectivity index (χ3n) is 3.35. The normalized spacial score (nSPS) is 16.4. The molecule has 0 unspecified atom stereocenters. The molecule has 110 valence electrons. The predicted octanol–water partition coefficient (Wildman–Crippen LogP) is 3.01. The number of aromatic hydroxyl groups is 1. The van der Waals surface area contributed by atoms with E-state index in [1.54, 1.807) is 17.0 Å². The quantitative estimate of drug-likeness (QED) is 0.838. The maximum atomic E-state index is 12.4. The lowest BCUT2D eigenvalue weighted by Crippen LogP contribution is -2.41. The van der Waals surface area contributed by atoms with Crippen LogP contribution in [0.4, 0.5) is 0 Å². The van der Waals surface area contributed by atoms with Gasteiger partial charge in [-0.05, 0) is 31.0 Å². The molecule has 1 N–H and O–H groups in total. The molecule has 1 heterocycles. The minimum Gasteiger partial charge on any atom is -0.507 e. The Balaban J connectivity index is 1.96. The molecule has 0 aliphatic carbocycles. The van der Waals surface area contributed by atoms with Gasteiger partial charge in [0, 0.05) is 23.4 Å². The highest BCUT2D eigenvalue weighted by Gasteiger charge is 2.25. The molecule has 0 spiro atoms. The molecule has 20 heavy (non-hydrogen) atoms. The van der Waals surface area contributed by atoms with Crippen molar-refractivity contribution in [2.75, 3.05) is 25.6 Å². The van der Waals surface area contributed by atoms with Gasteiger partial charge in [0.1, 0.15) is 5.75 Å². The Morgan fingerprint density at radius 2 is 2.15 bits per heavy atom. The molecule has 6 heteroatoms. The third-order valence-corrected chi connectivity index (χ3v) is 4.00. The number of hydrogen-bond donors (Lipinski definition) is 1. The molecule has 1 saturated heterocycles. The van der Waals surface area contributed by atoms with Crippen LogP contribution in [0.25, 0.3) is 0 Å². The molecule has 1 amide bonds. The van der Waals surface area contributed by atoms with E-state index in [1.807, 2.05) is 0 Å². The molecule has 0 saturated carbocycles. The zero-order valence-corrected chi connectivity index (χ0v) is 13.4. The summed E-state index contributed by atoms with van der Waals surface area (Å²) in [5.74, 6) is 0.365. The van der Waals surface area contributed by atoms with Crippen LogP contribution in [0, 0.1) is 0 Å². The predicted molar refractivity (Wildman–Crippen MR) is 81.4 cm³/mol. The highest BCUT2D eigenvalue weighted by atomic mass is 79.9. The average molecular weight is 363 g/mol.